The van der Waals surface area contributed by atoms with E-state index >= 15 is 0 Å². The molecule has 1 aromatic heterocycles. The third-order valence-electron chi connectivity index (χ3n) is 4.04. The summed E-state index contributed by atoms with van der Waals surface area (Å²) < 4.78 is 11.1. The molecule has 0 unspecified atom stereocenters. The average molecular weight is 392 g/mol. The molecule has 0 spiro atoms. The molecule has 0 aliphatic rings. The largest absolute Gasteiger partial charge is 0.493 e. The van der Waals surface area contributed by atoms with E-state index in [1.165, 1.54) is 19.4 Å². The van der Waals surface area contributed by atoms with Crippen molar-refractivity contribution in [2.24, 2.45) is 5.10 Å². The number of aryl methyl sites for hydroxylation is 1. The van der Waals surface area contributed by atoms with Crippen LogP contribution in [0.2, 0.25) is 0 Å². The molecule has 29 heavy (non-hydrogen) atoms. The summed E-state index contributed by atoms with van der Waals surface area (Å²) in [6.07, 6.45) is 3.08. The number of nitro benzene ring substituents is 1. The van der Waals surface area contributed by atoms with Crippen molar-refractivity contribution in [2.75, 3.05) is 12.5 Å². The number of rotatable bonds is 8. The van der Waals surface area contributed by atoms with Crippen LogP contribution in [0.15, 0.2) is 65.9 Å². The van der Waals surface area contributed by atoms with Gasteiger partial charge in [0.05, 0.1) is 18.2 Å². The van der Waals surface area contributed by atoms with E-state index in [2.05, 4.69) is 15.5 Å². The highest BCUT2D eigenvalue weighted by Crippen LogP contribution is 2.38. The van der Waals surface area contributed by atoms with Gasteiger partial charge < -0.3 is 9.47 Å². The third-order valence-corrected chi connectivity index (χ3v) is 4.04. The Bertz CT molecular complexity index is 1010. The van der Waals surface area contributed by atoms with Crippen LogP contribution in [0.25, 0.3) is 0 Å². The van der Waals surface area contributed by atoms with E-state index in [4.69, 9.17) is 9.47 Å². The number of pyridine rings is 1. The predicted molar refractivity (Wildman–Crippen MR) is 111 cm³/mol. The summed E-state index contributed by atoms with van der Waals surface area (Å²) in [4.78, 5) is 15.2. The molecule has 0 radical (unpaired) electrons. The highest BCUT2D eigenvalue weighted by atomic mass is 16.6. The molecule has 3 aromatic rings. The number of anilines is 1. The molecule has 8 nitrogen and oxygen atoms in total. The van der Waals surface area contributed by atoms with E-state index in [-0.39, 0.29) is 23.8 Å². The van der Waals surface area contributed by atoms with Gasteiger partial charge in [0, 0.05) is 17.8 Å². The minimum absolute atomic E-state index is 0.0768. The Hall–Kier alpha value is -3.94. The SMILES string of the molecule is COc1cc(/C=N/Nc2ccccn2)cc([N+](=O)[O-])c1OCc1ccc(C)cc1. The zero-order valence-electron chi connectivity index (χ0n) is 16.0. The third kappa shape index (κ3) is 5.29. The number of methoxy groups -OCH3 is 1. The average Bonchev–Trinajstić information content (AvgIpc) is 2.74. The lowest BCUT2D eigenvalue weighted by Gasteiger charge is -2.12. The van der Waals surface area contributed by atoms with Crippen molar-refractivity contribution < 1.29 is 14.4 Å². The van der Waals surface area contributed by atoms with Gasteiger partial charge in [-0.05, 0) is 30.7 Å². The number of hydrogen-bond acceptors (Lipinski definition) is 7. The Morgan fingerprint density at radius 3 is 2.66 bits per heavy atom. The minimum Gasteiger partial charge on any atom is -0.493 e. The van der Waals surface area contributed by atoms with E-state index in [0.717, 1.165) is 11.1 Å². The van der Waals surface area contributed by atoms with Gasteiger partial charge in [-0.3, -0.25) is 15.5 Å². The first-order chi connectivity index (χ1) is 14.1. The second-order valence-electron chi connectivity index (χ2n) is 6.19. The van der Waals surface area contributed by atoms with E-state index in [0.29, 0.717) is 11.4 Å². The number of benzene rings is 2. The number of nitrogens with zero attached hydrogens (tertiary/aromatic N) is 3. The Morgan fingerprint density at radius 1 is 1.21 bits per heavy atom. The number of nitrogens with one attached hydrogen (secondary N) is 1. The molecule has 3 rings (SSSR count). The molecule has 8 heteroatoms. The van der Waals surface area contributed by atoms with Crippen molar-refractivity contribution in [3.05, 3.63) is 87.6 Å². The lowest BCUT2D eigenvalue weighted by atomic mass is 10.1. The van der Waals surface area contributed by atoms with Gasteiger partial charge in [0.25, 0.3) is 0 Å². The summed E-state index contributed by atoms with van der Waals surface area (Å²) in [5, 5.41) is 15.7. The Kier molecular flexibility index (Phi) is 6.36. The molecule has 0 fully saturated rings. The van der Waals surface area contributed by atoms with Crippen molar-refractivity contribution in [1.29, 1.82) is 0 Å². The van der Waals surface area contributed by atoms with Crippen molar-refractivity contribution >= 4 is 17.7 Å². The summed E-state index contributed by atoms with van der Waals surface area (Å²) in [5.41, 5.74) is 5.07. The molecule has 0 amide bonds. The van der Waals surface area contributed by atoms with E-state index in [1.807, 2.05) is 37.3 Å². The lowest BCUT2D eigenvalue weighted by Crippen LogP contribution is -2.03. The zero-order valence-corrected chi connectivity index (χ0v) is 16.0. The monoisotopic (exact) mass is 392 g/mol. The predicted octanol–water partition coefficient (Wildman–Crippen LogP) is 4.33. The maximum atomic E-state index is 11.6. The Labute approximate surface area is 168 Å². The fraction of sp³-hybridized carbons (Fsp3) is 0.143. The van der Waals surface area contributed by atoms with Crippen LogP contribution in [0, 0.1) is 17.0 Å². The fourth-order valence-corrected chi connectivity index (χ4v) is 2.56. The highest BCUT2D eigenvalue weighted by Gasteiger charge is 2.22. The first-order valence-corrected chi connectivity index (χ1v) is 8.81. The van der Waals surface area contributed by atoms with Gasteiger partial charge in [0.2, 0.25) is 5.75 Å². The van der Waals surface area contributed by atoms with Crippen LogP contribution in [0.4, 0.5) is 11.5 Å². The molecule has 0 bridgehead atoms. The van der Waals surface area contributed by atoms with Gasteiger partial charge >= 0.3 is 5.69 Å². The molecule has 1 heterocycles. The van der Waals surface area contributed by atoms with Crippen LogP contribution >= 0.6 is 0 Å². The summed E-state index contributed by atoms with van der Waals surface area (Å²) in [5.74, 6) is 0.891. The molecule has 1 N–H and O–H groups in total. The highest BCUT2D eigenvalue weighted by molar-refractivity contribution is 5.83. The van der Waals surface area contributed by atoms with E-state index in [9.17, 15) is 10.1 Å². The van der Waals surface area contributed by atoms with Crippen molar-refractivity contribution in [3.8, 4) is 11.5 Å². The number of aromatic nitrogens is 1. The van der Waals surface area contributed by atoms with Crippen molar-refractivity contribution in [3.63, 3.8) is 0 Å². The minimum atomic E-state index is -0.503. The summed E-state index contributed by atoms with van der Waals surface area (Å²) in [6.45, 7) is 2.17. The smallest absolute Gasteiger partial charge is 0.315 e. The molecule has 0 saturated carbocycles. The van der Waals surface area contributed by atoms with Gasteiger partial charge in [-0.15, -0.1) is 0 Å². The van der Waals surface area contributed by atoms with Crippen LogP contribution in [0.3, 0.4) is 0 Å². The maximum Gasteiger partial charge on any atom is 0.315 e. The van der Waals surface area contributed by atoms with Gasteiger partial charge in [0.1, 0.15) is 12.4 Å². The molecule has 148 valence electrons. The van der Waals surface area contributed by atoms with Gasteiger partial charge in [-0.25, -0.2) is 4.98 Å². The first kappa shape index (κ1) is 19.8. The topological polar surface area (TPSA) is 98.9 Å². The molecule has 0 saturated heterocycles. The summed E-state index contributed by atoms with van der Waals surface area (Å²) >= 11 is 0. The van der Waals surface area contributed by atoms with Crippen molar-refractivity contribution in [2.45, 2.75) is 13.5 Å². The summed E-state index contributed by atoms with van der Waals surface area (Å²) in [6, 6.07) is 16.1. The maximum absolute atomic E-state index is 11.6. The number of hydrazone groups is 1. The lowest BCUT2D eigenvalue weighted by molar-refractivity contribution is -0.386. The van der Waals surface area contributed by atoms with Crippen LogP contribution in [0.5, 0.6) is 11.5 Å². The van der Waals surface area contributed by atoms with Crippen molar-refractivity contribution in [1.82, 2.24) is 4.98 Å². The van der Waals surface area contributed by atoms with Crippen LogP contribution in [-0.2, 0) is 6.61 Å². The number of hydrogen-bond donors (Lipinski definition) is 1. The van der Waals surface area contributed by atoms with Gasteiger partial charge in [-0.2, -0.15) is 5.10 Å². The Morgan fingerprint density at radius 2 is 2.00 bits per heavy atom. The van der Waals surface area contributed by atoms with Gasteiger partial charge in [-0.1, -0.05) is 35.9 Å². The first-order valence-electron chi connectivity index (χ1n) is 8.81. The fourth-order valence-electron chi connectivity index (χ4n) is 2.56. The van der Waals surface area contributed by atoms with Gasteiger partial charge in [0.15, 0.2) is 5.75 Å². The van der Waals surface area contributed by atoms with Crippen LogP contribution < -0.4 is 14.9 Å². The molecule has 0 atom stereocenters. The summed E-state index contributed by atoms with van der Waals surface area (Å²) in [7, 11) is 1.44. The molecular weight excluding hydrogens is 372 g/mol. The molecule has 0 aliphatic heterocycles. The second-order valence-corrected chi connectivity index (χ2v) is 6.19. The second kappa shape index (κ2) is 9.32. The van der Waals surface area contributed by atoms with Crippen LogP contribution in [-0.4, -0.2) is 23.2 Å². The normalized spacial score (nSPS) is 10.7. The molecular formula is C21H20N4O4. The molecule has 2 aromatic carbocycles. The van der Waals surface area contributed by atoms with E-state index < -0.39 is 4.92 Å². The zero-order chi connectivity index (χ0) is 20.6. The van der Waals surface area contributed by atoms with E-state index in [1.54, 1.807) is 24.4 Å². The Balaban J connectivity index is 1.82. The molecule has 0 aliphatic carbocycles. The standard InChI is InChI=1S/C21H20N4O4/c1-15-6-8-16(9-7-15)14-29-21-18(25(26)27)11-17(12-19(21)28-2)13-23-24-20-5-3-4-10-22-20/h3-13H,14H2,1-2H3,(H,22,24)/b23-13+. The number of ether oxygens (including phenoxy) is 2. The quantitative estimate of drug-likeness (QED) is 0.348. The van der Waals surface area contributed by atoms with Crippen LogP contribution in [0.1, 0.15) is 16.7 Å². The number of nitro groups is 1.